The van der Waals surface area contributed by atoms with Crippen LogP contribution in [-0.4, -0.2) is 219 Å². The molecule has 16 rings (SSSR count). The van der Waals surface area contributed by atoms with Crippen LogP contribution in [0.4, 0.5) is 79.6 Å². The fraction of sp³-hybridized carbons (Fsp3) is 0.348. The fourth-order valence-electron chi connectivity index (χ4n) is 17.1. The smallest absolute Gasteiger partial charge is 0.283 e. The zero-order valence-electron chi connectivity index (χ0n) is 73.1. The number of para-hydroxylation sites is 4. The van der Waals surface area contributed by atoms with Crippen LogP contribution in [-0.2, 0) is 0 Å². The number of nitrogens with one attached hydrogen (secondary N) is 4. The van der Waals surface area contributed by atoms with Gasteiger partial charge in [-0.2, -0.15) is 0 Å². The van der Waals surface area contributed by atoms with Crippen molar-refractivity contribution in [3.8, 4) is 11.5 Å². The van der Waals surface area contributed by atoms with Gasteiger partial charge in [-0.3, -0.25) is 70.5 Å². The molecule has 6 heterocycles. The Hall–Kier alpha value is -10.4. The Balaban J connectivity index is 0.000000169. The lowest BCUT2D eigenvalue weighted by Crippen LogP contribution is -2.64. The second-order valence-corrected chi connectivity index (χ2v) is 39.3. The molecule has 0 saturated carbocycles. The Morgan fingerprint density at radius 2 is 0.576 bits per heavy atom. The first-order chi connectivity index (χ1) is 63.4. The van der Waals surface area contributed by atoms with Gasteiger partial charge in [-0.15, -0.1) is 0 Å². The second kappa shape index (κ2) is 46.1. The highest BCUT2D eigenvalue weighted by atomic mass is 35.5. The molecule has 6 aliphatic rings. The molecular formula is C92H102Cl4N18O14S4. The quantitative estimate of drug-likeness (QED) is 0.0126. The van der Waals surface area contributed by atoms with Crippen molar-refractivity contribution in [2.45, 2.75) is 89.8 Å². The van der Waals surface area contributed by atoms with Crippen LogP contribution >= 0.6 is 93.5 Å². The zero-order valence-corrected chi connectivity index (χ0v) is 79.4. The van der Waals surface area contributed by atoms with Gasteiger partial charge < -0.3 is 60.0 Å². The number of hydrogen-bond donors (Lipinski definition) is 4. The standard InChI is InChI=1S/2C40H49Cl2N6S2.2C6H3N3O7/c2*1-45-24-26-48(2,25-21-44-19-8-23-47-34-10-4-6-12-38(34)50-40-16-14-31(42)28-36(40)47)32(29-45)17-20-43-18-7-22-46-33-9-3-5-11-37(33)49-39-15-13-30(41)27-35(39)46;2*10-6-4(8(13)14)1-3(7(11)12)2-5(6)9(15)16/h2*3-6,9-16,27-28,32,43-44H,7-8,17-26,29H2,1-2H3;2*1-2,10H/q2*+1;;/p-2. The van der Waals surface area contributed by atoms with E-state index in [2.05, 4.69) is 224 Å². The molecule has 4 atom stereocenters. The van der Waals surface area contributed by atoms with Gasteiger partial charge in [0.15, 0.2) is 0 Å². The van der Waals surface area contributed by atoms with E-state index in [9.17, 15) is 70.9 Å². The van der Waals surface area contributed by atoms with Crippen LogP contribution in [0.25, 0.3) is 0 Å². The summed E-state index contributed by atoms with van der Waals surface area (Å²) in [7, 11) is 9.53. The third-order valence-electron chi connectivity index (χ3n) is 24.3. The van der Waals surface area contributed by atoms with E-state index in [1.54, 1.807) is 0 Å². The average Bonchev–Trinajstić information content (AvgIpc) is 0.777. The van der Waals surface area contributed by atoms with Crippen molar-refractivity contribution in [2.75, 3.05) is 179 Å². The average molecular weight is 1950 g/mol. The number of fused-ring (bicyclic) bond motifs is 8. The van der Waals surface area contributed by atoms with Crippen LogP contribution in [0.1, 0.15) is 38.5 Å². The van der Waals surface area contributed by atoms with E-state index >= 15 is 0 Å². The summed E-state index contributed by atoms with van der Waals surface area (Å²) in [4.78, 5) is 80.2. The number of likely N-dealkylation sites (N-methyl/N-ethyl adjacent to an activating group) is 4. The van der Waals surface area contributed by atoms with Crippen LogP contribution < -0.4 is 51.1 Å². The third-order valence-corrected chi connectivity index (χ3v) is 29.7. The third kappa shape index (κ3) is 25.0. The predicted octanol–water partition coefficient (Wildman–Crippen LogP) is 19.0. The van der Waals surface area contributed by atoms with Gasteiger partial charge in [0.2, 0.25) is 0 Å². The van der Waals surface area contributed by atoms with E-state index in [0.29, 0.717) is 36.3 Å². The van der Waals surface area contributed by atoms with E-state index in [0.717, 1.165) is 173 Å². The van der Waals surface area contributed by atoms with Crippen molar-refractivity contribution in [3.05, 3.63) is 275 Å². The van der Waals surface area contributed by atoms with Gasteiger partial charge >= 0.3 is 0 Å². The van der Waals surface area contributed by atoms with Gasteiger partial charge in [-0.25, -0.2) is 0 Å². The largest absolute Gasteiger partial charge is 0.863 e. The number of non-ortho nitro benzene ring substituents is 2. The number of nitro benzene ring substituents is 6. The molecule has 0 amide bonds. The normalized spacial score (nSPS) is 17.4. The minimum absolute atomic E-state index is 0.384. The number of hydrogen-bond acceptors (Lipinski definition) is 28. The molecule has 0 aliphatic carbocycles. The highest BCUT2D eigenvalue weighted by Crippen LogP contribution is 2.54. The van der Waals surface area contributed by atoms with Gasteiger partial charge in [-0.1, -0.05) is 142 Å². The summed E-state index contributed by atoms with van der Waals surface area (Å²) in [6.07, 6.45) is 6.68. The van der Waals surface area contributed by atoms with Crippen molar-refractivity contribution in [3.63, 3.8) is 0 Å². The number of halogens is 4. The summed E-state index contributed by atoms with van der Waals surface area (Å²) in [5.41, 5.74) is 3.49. The van der Waals surface area contributed by atoms with E-state index in [1.165, 1.54) is 111 Å². The molecule has 2 saturated heterocycles. The minimum Gasteiger partial charge on any atom is -0.863 e. The Bertz CT molecular complexity index is 5430. The Morgan fingerprint density at radius 1 is 0.333 bits per heavy atom. The maximum atomic E-state index is 11.1. The van der Waals surface area contributed by atoms with Gasteiger partial charge in [-0.05, 0) is 187 Å². The van der Waals surface area contributed by atoms with Gasteiger partial charge in [0.25, 0.3) is 34.1 Å². The van der Waals surface area contributed by atoms with Crippen LogP contribution in [0, 0.1) is 60.7 Å². The molecule has 4 N–H and O–H groups in total. The van der Waals surface area contributed by atoms with Crippen molar-refractivity contribution in [1.82, 2.24) is 31.1 Å². The summed E-state index contributed by atoms with van der Waals surface area (Å²) < 4.78 is 2.28. The first kappa shape index (κ1) is 99.1. The van der Waals surface area contributed by atoms with E-state index in [1.807, 2.05) is 71.3 Å². The lowest BCUT2D eigenvalue weighted by Gasteiger charge is -2.47. The van der Waals surface area contributed by atoms with Crippen molar-refractivity contribution >= 4 is 173 Å². The summed E-state index contributed by atoms with van der Waals surface area (Å²) in [5, 5.41) is 103. The van der Waals surface area contributed by atoms with Gasteiger partial charge in [0.05, 0.1) is 164 Å². The Morgan fingerprint density at radius 3 is 0.826 bits per heavy atom. The van der Waals surface area contributed by atoms with Gasteiger partial charge in [0.1, 0.15) is 12.1 Å². The molecule has 2 fully saturated rings. The first-order valence-corrected chi connectivity index (χ1v) is 48.0. The Labute approximate surface area is 802 Å². The fourth-order valence-corrected chi connectivity index (χ4v) is 22.1. The SMILES string of the molecule is CN1CC[N+](C)(CCNCCCN2c3ccccc3Sc3ccc(Cl)cc32)C(CCNCCCN2c3ccccc3Sc3ccc(Cl)cc32)C1.CN1CC[N+](C)(CCNCCCN2c3ccccc3Sc3ccc(Cl)cc32)C(CCNCCCN2c3ccccc3Sc3ccc(Cl)cc32)C1.O=[N+]([O-])c1cc([N+](=O)[O-])c([O-])c([N+](=O)[O-])c1.O=[N+]([O-])c1cc([N+](=O)[O-])c([O-])c([N+](=O)[O-])c1. The molecule has 0 aromatic heterocycles. The molecule has 32 nitrogen and oxygen atoms in total. The molecule has 10 aromatic carbocycles. The Kier molecular flexibility index (Phi) is 34.6. The second-order valence-electron chi connectivity index (χ2n) is 33.2. The first-order valence-electron chi connectivity index (χ1n) is 43.3. The number of nitrogens with zero attached hydrogens (tertiary/aromatic N) is 14. The number of nitro groups is 6. The van der Waals surface area contributed by atoms with Crippen molar-refractivity contribution < 1.29 is 48.7 Å². The molecule has 132 heavy (non-hydrogen) atoms. The van der Waals surface area contributed by atoms with Crippen LogP contribution in [0.5, 0.6) is 11.5 Å². The monoisotopic (exact) mass is 1950 g/mol. The van der Waals surface area contributed by atoms with Crippen LogP contribution in [0.3, 0.4) is 0 Å². The van der Waals surface area contributed by atoms with Crippen LogP contribution in [0.2, 0.25) is 20.1 Å². The van der Waals surface area contributed by atoms with Crippen LogP contribution in [0.15, 0.2) is 233 Å². The molecule has 4 unspecified atom stereocenters. The summed E-state index contributed by atoms with van der Waals surface area (Å²) >= 11 is 33.1. The molecule has 40 heteroatoms. The summed E-state index contributed by atoms with van der Waals surface area (Å²) in [6.45, 7) is 21.4. The maximum absolute atomic E-state index is 11.1. The number of benzene rings is 10. The number of quaternary nitrogens is 2. The van der Waals surface area contributed by atoms with Crippen molar-refractivity contribution in [2.24, 2.45) is 0 Å². The number of rotatable bonds is 34. The number of piperazine rings is 2. The molecule has 696 valence electrons. The summed E-state index contributed by atoms with van der Waals surface area (Å²) in [5.74, 6) is -2.92. The topological polar surface area (TPSA) is 373 Å². The molecule has 10 aromatic rings. The highest BCUT2D eigenvalue weighted by Gasteiger charge is 2.40. The predicted molar refractivity (Wildman–Crippen MR) is 521 cm³/mol. The van der Waals surface area contributed by atoms with E-state index < -0.39 is 75.2 Å². The van der Waals surface area contributed by atoms with Crippen molar-refractivity contribution in [1.29, 1.82) is 0 Å². The maximum Gasteiger partial charge on any atom is 0.283 e. The van der Waals surface area contributed by atoms with Gasteiger partial charge in [0, 0.05) is 138 Å². The molecule has 0 spiro atoms. The molecular weight excluding hydrogens is 1850 g/mol. The number of anilines is 8. The lowest BCUT2D eigenvalue weighted by molar-refractivity contribution is -0.936. The van der Waals surface area contributed by atoms with E-state index in [-0.39, 0.29) is 0 Å². The molecule has 6 aliphatic heterocycles. The minimum atomic E-state index is -1.46. The summed E-state index contributed by atoms with van der Waals surface area (Å²) in [6, 6.07) is 62.7. The van der Waals surface area contributed by atoms with E-state index in [4.69, 9.17) is 46.4 Å². The molecule has 0 radical (unpaired) electrons. The lowest BCUT2D eigenvalue weighted by atomic mass is 10.1. The highest BCUT2D eigenvalue weighted by molar-refractivity contribution is 8.00. The zero-order chi connectivity index (χ0) is 93.9. The molecule has 0 bridgehead atoms.